The third-order valence-electron chi connectivity index (χ3n) is 3.11. The molecule has 2 aromatic rings. The Morgan fingerprint density at radius 1 is 1.12 bits per heavy atom. The lowest BCUT2D eigenvalue weighted by atomic mass is 10.1. The van der Waals surface area contributed by atoms with Gasteiger partial charge in [-0.15, -0.1) is 0 Å². The maximum Gasteiger partial charge on any atom is 0.418 e. The van der Waals surface area contributed by atoms with Gasteiger partial charge in [0.15, 0.2) is 0 Å². The van der Waals surface area contributed by atoms with E-state index in [-0.39, 0.29) is 16.3 Å². The normalized spacial score (nSPS) is 12.0. The highest BCUT2D eigenvalue weighted by molar-refractivity contribution is 6.30. The van der Waals surface area contributed by atoms with Crippen LogP contribution in [0.3, 0.4) is 0 Å². The van der Waals surface area contributed by atoms with Crippen molar-refractivity contribution in [2.24, 2.45) is 0 Å². The average molecular weight is 387 g/mol. The molecule has 1 amide bonds. The Morgan fingerprint density at radius 2 is 1.77 bits per heavy atom. The fourth-order valence-electron chi connectivity index (χ4n) is 2.18. The van der Waals surface area contributed by atoms with Gasteiger partial charge in [0.25, 0.3) is 5.91 Å². The third kappa shape index (κ3) is 5.32. The molecule has 0 unspecified atom stereocenters. The van der Waals surface area contributed by atoms with Crippen molar-refractivity contribution in [3.05, 3.63) is 46.4 Å². The zero-order valence-corrected chi connectivity index (χ0v) is 15.4. The fourth-order valence-corrected chi connectivity index (χ4v) is 2.35. The number of hydrogen-bond acceptors (Lipinski definition) is 4. The second-order valence-corrected chi connectivity index (χ2v) is 7.14. The third-order valence-corrected chi connectivity index (χ3v) is 3.34. The van der Waals surface area contributed by atoms with Crippen LogP contribution in [0.2, 0.25) is 5.02 Å². The first-order valence-corrected chi connectivity index (χ1v) is 8.05. The molecule has 0 aliphatic carbocycles. The highest BCUT2D eigenvalue weighted by Crippen LogP contribution is 2.36. The summed E-state index contributed by atoms with van der Waals surface area (Å²) >= 11 is 5.64. The van der Waals surface area contributed by atoms with Gasteiger partial charge in [0.05, 0.1) is 11.3 Å². The molecule has 140 valence electrons. The summed E-state index contributed by atoms with van der Waals surface area (Å²) in [5, 5.41) is 5.26. The molecule has 0 aliphatic rings. The molecule has 1 aromatic carbocycles. The van der Waals surface area contributed by atoms with E-state index in [0.717, 1.165) is 12.1 Å². The number of carbonyl (C=O) groups is 1. The Bertz CT molecular complexity index is 832. The van der Waals surface area contributed by atoms with E-state index < -0.39 is 23.3 Å². The monoisotopic (exact) mass is 386 g/mol. The second-order valence-electron chi connectivity index (χ2n) is 6.70. The summed E-state index contributed by atoms with van der Waals surface area (Å²) in [6, 6.07) is 4.52. The fraction of sp³-hybridized carbons (Fsp3) is 0.353. The quantitative estimate of drug-likeness (QED) is 0.785. The van der Waals surface area contributed by atoms with E-state index in [9.17, 15) is 18.0 Å². The number of halogens is 4. The first kappa shape index (κ1) is 20.0. The van der Waals surface area contributed by atoms with Crippen LogP contribution in [0, 0.1) is 6.92 Å². The first-order chi connectivity index (χ1) is 11.8. The number of hydrogen-bond donors (Lipinski definition) is 2. The van der Waals surface area contributed by atoms with Crippen molar-refractivity contribution in [2.45, 2.75) is 39.4 Å². The molecule has 0 fully saturated rings. The number of rotatable bonds is 3. The Balaban J connectivity index is 2.34. The summed E-state index contributed by atoms with van der Waals surface area (Å²) in [5.74, 6) is -0.0564. The summed E-state index contributed by atoms with van der Waals surface area (Å²) in [4.78, 5) is 20.6. The Morgan fingerprint density at radius 3 is 2.35 bits per heavy atom. The molecule has 2 N–H and O–H groups in total. The van der Waals surface area contributed by atoms with Crippen LogP contribution in [-0.4, -0.2) is 21.4 Å². The number of aryl methyl sites for hydroxylation is 1. The van der Waals surface area contributed by atoms with E-state index in [2.05, 4.69) is 20.6 Å². The molecule has 0 saturated heterocycles. The van der Waals surface area contributed by atoms with Gasteiger partial charge in [-0.3, -0.25) is 4.79 Å². The number of aromatic nitrogens is 2. The van der Waals surface area contributed by atoms with Gasteiger partial charge in [-0.2, -0.15) is 13.2 Å². The number of nitrogens with one attached hydrogen (secondary N) is 2. The maximum absolute atomic E-state index is 13.1. The summed E-state index contributed by atoms with van der Waals surface area (Å²) in [7, 11) is 0. The zero-order valence-electron chi connectivity index (χ0n) is 14.6. The molecular formula is C17H18ClF3N4O. The Hall–Kier alpha value is -2.35. The van der Waals surface area contributed by atoms with Gasteiger partial charge in [0.1, 0.15) is 17.3 Å². The van der Waals surface area contributed by atoms with Gasteiger partial charge >= 0.3 is 6.18 Å². The number of carbonyl (C=O) groups excluding carboxylic acids is 1. The standard InChI is InChI=1S/C17H18ClF3N4O/c1-9-22-13(8-14(23-9)25-16(2,3)4)15(26)24-12-6-5-10(18)7-11(12)17(19,20)21/h5-8H,1-4H3,(H,24,26)(H,22,23,25). The van der Waals surface area contributed by atoms with Crippen molar-refractivity contribution in [3.63, 3.8) is 0 Å². The van der Waals surface area contributed by atoms with Gasteiger partial charge in [0.2, 0.25) is 0 Å². The van der Waals surface area contributed by atoms with E-state index >= 15 is 0 Å². The molecule has 1 aromatic heterocycles. The molecule has 0 bridgehead atoms. The van der Waals surface area contributed by atoms with Crippen LogP contribution in [0.15, 0.2) is 24.3 Å². The Kier molecular flexibility index (Phi) is 5.46. The molecule has 0 atom stereocenters. The minimum Gasteiger partial charge on any atom is -0.365 e. The van der Waals surface area contributed by atoms with Crippen LogP contribution >= 0.6 is 11.6 Å². The second kappa shape index (κ2) is 7.11. The maximum atomic E-state index is 13.1. The lowest BCUT2D eigenvalue weighted by molar-refractivity contribution is -0.136. The predicted molar refractivity (Wildman–Crippen MR) is 94.6 cm³/mol. The van der Waals surface area contributed by atoms with Crippen molar-refractivity contribution in [1.82, 2.24) is 9.97 Å². The van der Waals surface area contributed by atoms with Crippen LogP contribution in [0.4, 0.5) is 24.7 Å². The van der Waals surface area contributed by atoms with Crippen molar-refractivity contribution in [1.29, 1.82) is 0 Å². The average Bonchev–Trinajstić information content (AvgIpc) is 2.45. The van der Waals surface area contributed by atoms with E-state index in [4.69, 9.17) is 11.6 Å². The summed E-state index contributed by atoms with van der Waals surface area (Å²) < 4.78 is 39.4. The molecule has 2 rings (SSSR count). The van der Waals surface area contributed by atoms with E-state index in [1.165, 1.54) is 12.1 Å². The molecule has 26 heavy (non-hydrogen) atoms. The van der Waals surface area contributed by atoms with Crippen LogP contribution in [-0.2, 0) is 6.18 Å². The SMILES string of the molecule is Cc1nc(NC(C)(C)C)cc(C(=O)Nc2ccc(Cl)cc2C(F)(F)F)n1. The number of nitrogens with zero attached hydrogens (tertiary/aromatic N) is 2. The summed E-state index contributed by atoms with van der Waals surface area (Å²) in [6.45, 7) is 7.32. The van der Waals surface area contributed by atoms with Crippen molar-refractivity contribution in [3.8, 4) is 0 Å². The minimum absolute atomic E-state index is 0.0488. The van der Waals surface area contributed by atoms with Crippen molar-refractivity contribution in [2.75, 3.05) is 10.6 Å². The van der Waals surface area contributed by atoms with Crippen LogP contribution in [0.5, 0.6) is 0 Å². The molecule has 0 saturated carbocycles. The first-order valence-electron chi connectivity index (χ1n) is 7.67. The van der Waals surface area contributed by atoms with E-state index in [0.29, 0.717) is 11.6 Å². The number of anilines is 2. The van der Waals surface area contributed by atoms with Crippen molar-refractivity contribution >= 4 is 29.0 Å². The number of benzene rings is 1. The van der Waals surface area contributed by atoms with Gasteiger partial charge in [-0.05, 0) is 45.9 Å². The minimum atomic E-state index is -4.66. The molecule has 9 heteroatoms. The highest BCUT2D eigenvalue weighted by atomic mass is 35.5. The molecule has 1 heterocycles. The van der Waals surface area contributed by atoms with E-state index in [1.54, 1.807) is 6.92 Å². The molecular weight excluding hydrogens is 369 g/mol. The predicted octanol–water partition coefficient (Wildman–Crippen LogP) is 4.92. The van der Waals surface area contributed by atoms with Gasteiger partial charge in [0, 0.05) is 16.6 Å². The van der Waals surface area contributed by atoms with Gasteiger partial charge in [-0.1, -0.05) is 11.6 Å². The van der Waals surface area contributed by atoms with Gasteiger partial charge < -0.3 is 10.6 Å². The summed E-state index contributed by atoms with van der Waals surface area (Å²) in [6.07, 6.45) is -4.66. The van der Waals surface area contributed by atoms with Gasteiger partial charge in [-0.25, -0.2) is 9.97 Å². The van der Waals surface area contributed by atoms with E-state index in [1.807, 2.05) is 20.8 Å². The molecule has 0 spiro atoms. The largest absolute Gasteiger partial charge is 0.418 e. The molecule has 0 aliphatic heterocycles. The topological polar surface area (TPSA) is 66.9 Å². The van der Waals surface area contributed by atoms with Crippen LogP contribution in [0.1, 0.15) is 42.6 Å². The van der Waals surface area contributed by atoms with Crippen LogP contribution < -0.4 is 10.6 Å². The number of amides is 1. The summed E-state index contributed by atoms with van der Waals surface area (Å²) in [5.41, 5.74) is -1.79. The smallest absolute Gasteiger partial charge is 0.365 e. The molecule has 0 radical (unpaired) electrons. The Labute approximate surface area is 154 Å². The lowest BCUT2D eigenvalue weighted by Crippen LogP contribution is -2.27. The molecule has 5 nitrogen and oxygen atoms in total. The number of alkyl halides is 3. The van der Waals surface area contributed by atoms with Crippen molar-refractivity contribution < 1.29 is 18.0 Å². The highest BCUT2D eigenvalue weighted by Gasteiger charge is 2.34. The zero-order chi connectivity index (χ0) is 19.7. The lowest BCUT2D eigenvalue weighted by Gasteiger charge is -2.21. The van der Waals surface area contributed by atoms with Crippen LogP contribution in [0.25, 0.3) is 0 Å².